The second kappa shape index (κ2) is 3.43. The summed E-state index contributed by atoms with van der Waals surface area (Å²) in [6, 6.07) is 0. The van der Waals surface area contributed by atoms with Crippen molar-refractivity contribution in [2.24, 2.45) is 0 Å². The van der Waals surface area contributed by atoms with E-state index in [0.717, 1.165) is 6.26 Å². The van der Waals surface area contributed by atoms with Crippen molar-refractivity contribution in [2.75, 3.05) is 0 Å². The van der Waals surface area contributed by atoms with E-state index in [1.165, 1.54) is 6.08 Å². The van der Waals surface area contributed by atoms with E-state index in [2.05, 4.69) is 17.9 Å². The maximum absolute atomic E-state index is 11.2. The molecule has 0 amide bonds. The van der Waals surface area contributed by atoms with E-state index in [0.29, 0.717) is 0 Å². The molecule has 1 unspecified atom stereocenters. The Balaban J connectivity index is 2.88. The van der Waals surface area contributed by atoms with Crippen LogP contribution in [-0.4, -0.2) is 17.5 Å². The zero-order valence-corrected chi connectivity index (χ0v) is 7.12. The zero-order chi connectivity index (χ0) is 9.90. The Morgan fingerprint density at radius 3 is 2.62 bits per heavy atom. The molecule has 1 aliphatic heterocycles. The highest BCUT2D eigenvalue weighted by molar-refractivity contribution is 5.99. The van der Waals surface area contributed by atoms with Crippen LogP contribution in [0.4, 0.5) is 0 Å². The van der Waals surface area contributed by atoms with Crippen LogP contribution < -0.4 is 0 Å². The first-order chi connectivity index (χ1) is 6.14. The SMILES string of the molecule is C=CCC1(OC=C)CC(=O)OC1=O. The molecule has 4 nitrogen and oxygen atoms in total. The third-order valence-corrected chi connectivity index (χ3v) is 1.79. The topological polar surface area (TPSA) is 52.6 Å². The fourth-order valence-corrected chi connectivity index (χ4v) is 1.22. The fourth-order valence-electron chi connectivity index (χ4n) is 1.22. The molecule has 0 spiro atoms. The summed E-state index contributed by atoms with van der Waals surface area (Å²) in [5.41, 5.74) is -1.22. The van der Waals surface area contributed by atoms with Crippen molar-refractivity contribution >= 4 is 11.9 Å². The van der Waals surface area contributed by atoms with E-state index in [-0.39, 0.29) is 12.8 Å². The highest BCUT2D eigenvalue weighted by atomic mass is 16.6. The Hall–Kier alpha value is -1.58. The molecule has 0 aliphatic carbocycles. The number of hydrogen-bond acceptors (Lipinski definition) is 4. The van der Waals surface area contributed by atoms with E-state index in [1.54, 1.807) is 0 Å². The molecule has 4 heteroatoms. The summed E-state index contributed by atoms with van der Waals surface area (Å²) >= 11 is 0. The molecule has 1 atom stereocenters. The molecule has 0 aromatic carbocycles. The van der Waals surface area contributed by atoms with Crippen molar-refractivity contribution < 1.29 is 19.1 Å². The second-order valence-electron chi connectivity index (χ2n) is 2.71. The molecule has 0 N–H and O–H groups in total. The molecule has 1 fully saturated rings. The molecule has 0 aromatic rings. The molecule has 0 saturated carbocycles. The summed E-state index contributed by atoms with van der Waals surface area (Å²) in [7, 11) is 0. The van der Waals surface area contributed by atoms with Gasteiger partial charge in [0, 0.05) is 6.42 Å². The van der Waals surface area contributed by atoms with Gasteiger partial charge in [-0.1, -0.05) is 12.7 Å². The van der Waals surface area contributed by atoms with Crippen molar-refractivity contribution in [3.05, 3.63) is 25.5 Å². The summed E-state index contributed by atoms with van der Waals surface area (Å²) in [5.74, 6) is -1.24. The minimum absolute atomic E-state index is 0.0795. The van der Waals surface area contributed by atoms with E-state index in [9.17, 15) is 9.59 Å². The van der Waals surface area contributed by atoms with Gasteiger partial charge in [-0.25, -0.2) is 4.79 Å². The standard InChI is InChI=1S/C9H10O4/c1-3-5-9(12-4-2)6-7(10)13-8(9)11/h3-4H,1-2,5-6H2. The molecular formula is C9H10O4. The summed E-state index contributed by atoms with van der Waals surface area (Å²) in [5, 5.41) is 0. The number of hydrogen-bond donors (Lipinski definition) is 0. The van der Waals surface area contributed by atoms with E-state index >= 15 is 0 Å². The van der Waals surface area contributed by atoms with Gasteiger partial charge >= 0.3 is 11.9 Å². The van der Waals surface area contributed by atoms with E-state index in [1.807, 2.05) is 0 Å². The smallest absolute Gasteiger partial charge is 0.359 e. The highest BCUT2D eigenvalue weighted by Crippen LogP contribution is 2.29. The molecule has 0 radical (unpaired) electrons. The number of ether oxygens (including phenoxy) is 2. The van der Waals surface area contributed by atoms with E-state index in [4.69, 9.17) is 4.74 Å². The minimum atomic E-state index is -1.22. The van der Waals surface area contributed by atoms with Gasteiger partial charge in [-0.3, -0.25) is 4.79 Å². The third-order valence-electron chi connectivity index (χ3n) is 1.79. The Morgan fingerprint density at radius 2 is 2.23 bits per heavy atom. The van der Waals surface area contributed by atoms with Crippen LogP contribution in [-0.2, 0) is 19.1 Å². The van der Waals surface area contributed by atoms with Crippen LogP contribution >= 0.6 is 0 Å². The Morgan fingerprint density at radius 1 is 1.54 bits per heavy atom. The summed E-state index contributed by atoms with van der Waals surface area (Å²) in [6.07, 6.45) is 2.79. The lowest BCUT2D eigenvalue weighted by Crippen LogP contribution is -2.35. The molecular weight excluding hydrogens is 172 g/mol. The van der Waals surface area contributed by atoms with Gasteiger partial charge in [0.2, 0.25) is 5.60 Å². The Bertz CT molecular complexity index is 257. The quantitative estimate of drug-likeness (QED) is 0.281. The van der Waals surface area contributed by atoms with Gasteiger partial charge in [0.05, 0.1) is 12.7 Å². The second-order valence-corrected chi connectivity index (χ2v) is 2.71. The molecule has 0 aromatic heterocycles. The van der Waals surface area contributed by atoms with Gasteiger partial charge in [0.1, 0.15) is 0 Å². The summed E-state index contributed by atoms with van der Waals surface area (Å²) in [6.45, 7) is 6.81. The van der Waals surface area contributed by atoms with Gasteiger partial charge in [0.25, 0.3) is 0 Å². The molecule has 1 rings (SSSR count). The van der Waals surface area contributed by atoms with Gasteiger partial charge < -0.3 is 9.47 Å². The van der Waals surface area contributed by atoms with Crippen molar-refractivity contribution in [3.63, 3.8) is 0 Å². The monoisotopic (exact) mass is 182 g/mol. The summed E-state index contributed by atoms with van der Waals surface area (Å²) < 4.78 is 9.39. The molecule has 1 saturated heterocycles. The third kappa shape index (κ3) is 1.61. The van der Waals surface area contributed by atoms with Crippen LogP contribution in [0.15, 0.2) is 25.5 Å². The lowest BCUT2D eigenvalue weighted by atomic mass is 9.98. The maximum atomic E-state index is 11.2. The first kappa shape index (κ1) is 9.51. The van der Waals surface area contributed by atoms with Crippen molar-refractivity contribution in [3.8, 4) is 0 Å². The number of carbonyl (C=O) groups excluding carboxylic acids is 2. The zero-order valence-electron chi connectivity index (χ0n) is 7.12. The van der Waals surface area contributed by atoms with Crippen LogP contribution in [0.25, 0.3) is 0 Å². The van der Waals surface area contributed by atoms with Crippen molar-refractivity contribution in [1.29, 1.82) is 0 Å². The molecule has 13 heavy (non-hydrogen) atoms. The van der Waals surface area contributed by atoms with Gasteiger partial charge in [0.15, 0.2) is 0 Å². The van der Waals surface area contributed by atoms with Crippen LogP contribution in [0.2, 0.25) is 0 Å². The molecule has 70 valence electrons. The molecule has 1 aliphatic rings. The summed E-state index contributed by atoms with van der Waals surface area (Å²) in [4.78, 5) is 22.1. The van der Waals surface area contributed by atoms with Gasteiger partial charge in [-0.05, 0) is 0 Å². The van der Waals surface area contributed by atoms with Gasteiger partial charge in [-0.2, -0.15) is 0 Å². The van der Waals surface area contributed by atoms with Crippen LogP contribution in [0.5, 0.6) is 0 Å². The normalized spacial score (nSPS) is 26.8. The van der Waals surface area contributed by atoms with Crippen LogP contribution in [0, 0.1) is 0 Å². The number of esters is 2. The lowest BCUT2D eigenvalue weighted by molar-refractivity contribution is -0.158. The largest absolute Gasteiger partial charge is 0.483 e. The maximum Gasteiger partial charge on any atom is 0.359 e. The fraction of sp³-hybridized carbons (Fsp3) is 0.333. The average molecular weight is 182 g/mol. The predicted octanol–water partition coefficient (Wildman–Crippen LogP) is 0.935. The Kier molecular flexibility index (Phi) is 2.51. The average Bonchev–Trinajstić information content (AvgIpc) is 2.28. The Labute approximate surface area is 75.8 Å². The molecule has 0 bridgehead atoms. The van der Waals surface area contributed by atoms with Gasteiger partial charge in [-0.15, -0.1) is 6.58 Å². The van der Waals surface area contributed by atoms with Crippen molar-refractivity contribution in [2.45, 2.75) is 18.4 Å². The van der Waals surface area contributed by atoms with E-state index < -0.39 is 17.5 Å². The number of cyclic esters (lactones) is 2. The molecule has 1 heterocycles. The van der Waals surface area contributed by atoms with Crippen molar-refractivity contribution in [1.82, 2.24) is 0 Å². The van der Waals surface area contributed by atoms with Crippen LogP contribution in [0.1, 0.15) is 12.8 Å². The first-order valence-corrected chi connectivity index (χ1v) is 3.79. The minimum Gasteiger partial charge on any atom is -0.483 e. The lowest BCUT2D eigenvalue weighted by Gasteiger charge is -2.20. The highest BCUT2D eigenvalue weighted by Gasteiger charge is 2.50. The first-order valence-electron chi connectivity index (χ1n) is 3.79. The predicted molar refractivity (Wildman–Crippen MR) is 44.5 cm³/mol. The number of rotatable bonds is 4. The van der Waals surface area contributed by atoms with Crippen LogP contribution in [0.3, 0.4) is 0 Å². The number of carbonyl (C=O) groups is 2.